The lowest BCUT2D eigenvalue weighted by Gasteiger charge is -2.13. The standard InChI is InChI=1S/C12H7BrF3NO/c13-9-1-2-10(8-3-5-17-6-4-8)11(7-9)18-12(14,15)16/h1-7H. The number of hydrogen-bond donors (Lipinski definition) is 0. The maximum Gasteiger partial charge on any atom is 0.573 e. The molecule has 6 heteroatoms. The van der Waals surface area contributed by atoms with Crippen molar-refractivity contribution in [3.8, 4) is 16.9 Å². The summed E-state index contributed by atoms with van der Waals surface area (Å²) < 4.78 is 41.5. The molecule has 0 radical (unpaired) electrons. The van der Waals surface area contributed by atoms with E-state index in [1.807, 2.05) is 0 Å². The lowest BCUT2D eigenvalue weighted by Crippen LogP contribution is -2.17. The van der Waals surface area contributed by atoms with Gasteiger partial charge in [0.2, 0.25) is 0 Å². The lowest BCUT2D eigenvalue weighted by atomic mass is 10.1. The van der Waals surface area contributed by atoms with Crippen molar-refractivity contribution in [1.29, 1.82) is 0 Å². The Morgan fingerprint density at radius 1 is 1.06 bits per heavy atom. The molecule has 0 saturated carbocycles. The zero-order chi connectivity index (χ0) is 13.2. The summed E-state index contributed by atoms with van der Waals surface area (Å²) in [5, 5.41) is 0. The summed E-state index contributed by atoms with van der Waals surface area (Å²) in [7, 11) is 0. The maximum absolute atomic E-state index is 12.3. The van der Waals surface area contributed by atoms with E-state index >= 15 is 0 Å². The number of alkyl halides is 3. The molecule has 1 aromatic heterocycles. The van der Waals surface area contributed by atoms with Crippen molar-refractivity contribution in [2.24, 2.45) is 0 Å². The highest BCUT2D eigenvalue weighted by molar-refractivity contribution is 9.10. The van der Waals surface area contributed by atoms with Crippen molar-refractivity contribution in [1.82, 2.24) is 4.98 Å². The molecule has 0 fully saturated rings. The summed E-state index contributed by atoms with van der Waals surface area (Å²) in [5.41, 5.74) is 0.967. The van der Waals surface area contributed by atoms with E-state index in [4.69, 9.17) is 0 Å². The smallest absolute Gasteiger partial charge is 0.405 e. The second-order valence-electron chi connectivity index (χ2n) is 3.42. The second-order valence-corrected chi connectivity index (χ2v) is 4.34. The van der Waals surface area contributed by atoms with Crippen LogP contribution >= 0.6 is 15.9 Å². The van der Waals surface area contributed by atoms with Gasteiger partial charge in [0.05, 0.1) is 0 Å². The molecule has 2 aromatic rings. The summed E-state index contributed by atoms with van der Waals surface area (Å²) in [6.45, 7) is 0. The van der Waals surface area contributed by atoms with Gasteiger partial charge in [-0.3, -0.25) is 4.98 Å². The lowest BCUT2D eigenvalue weighted by molar-refractivity contribution is -0.274. The number of benzene rings is 1. The fraction of sp³-hybridized carbons (Fsp3) is 0.0833. The van der Waals surface area contributed by atoms with Crippen LogP contribution in [0.25, 0.3) is 11.1 Å². The molecule has 0 spiro atoms. The van der Waals surface area contributed by atoms with Gasteiger partial charge < -0.3 is 4.74 Å². The minimum atomic E-state index is -4.72. The highest BCUT2D eigenvalue weighted by Crippen LogP contribution is 2.35. The third-order valence-corrected chi connectivity index (χ3v) is 2.65. The molecule has 18 heavy (non-hydrogen) atoms. The van der Waals surface area contributed by atoms with E-state index in [1.165, 1.54) is 18.5 Å². The number of halogens is 4. The SMILES string of the molecule is FC(F)(F)Oc1cc(Br)ccc1-c1ccncc1. The van der Waals surface area contributed by atoms with Crippen molar-refractivity contribution < 1.29 is 17.9 Å². The molecule has 94 valence electrons. The molecule has 0 amide bonds. The normalized spacial score (nSPS) is 11.3. The zero-order valence-corrected chi connectivity index (χ0v) is 10.5. The number of ether oxygens (including phenoxy) is 1. The summed E-state index contributed by atoms with van der Waals surface area (Å²) in [6, 6.07) is 7.72. The molecule has 0 N–H and O–H groups in total. The summed E-state index contributed by atoms with van der Waals surface area (Å²) in [6.07, 6.45) is -1.70. The van der Waals surface area contributed by atoms with E-state index in [9.17, 15) is 13.2 Å². The number of nitrogens with zero attached hydrogens (tertiary/aromatic N) is 1. The molecule has 0 atom stereocenters. The van der Waals surface area contributed by atoms with Gasteiger partial charge >= 0.3 is 6.36 Å². The average molecular weight is 318 g/mol. The Bertz CT molecular complexity index is 543. The van der Waals surface area contributed by atoms with Gasteiger partial charge in [-0.2, -0.15) is 0 Å². The van der Waals surface area contributed by atoms with Gasteiger partial charge in [-0.25, -0.2) is 0 Å². The van der Waals surface area contributed by atoms with E-state index < -0.39 is 6.36 Å². The third kappa shape index (κ3) is 3.22. The molecular weight excluding hydrogens is 311 g/mol. The zero-order valence-electron chi connectivity index (χ0n) is 8.91. The molecule has 0 bridgehead atoms. The largest absolute Gasteiger partial charge is 0.573 e. The van der Waals surface area contributed by atoms with E-state index in [0.717, 1.165) is 0 Å². The van der Waals surface area contributed by atoms with Crippen molar-refractivity contribution >= 4 is 15.9 Å². The first-order valence-electron chi connectivity index (χ1n) is 4.91. The molecule has 0 aliphatic rings. The van der Waals surface area contributed by atoms with Crippen molar-refractivity contribution in [3.05, 3.63) is 47.2 Å². The predicted molar refractivity (Wildman–Crippen MR) is 64.1 cm³/mol. The van der Waals surface area contributed by atoms with Crippen molar-refractivity contribution in [2.75, 3.05) is 0 Å². The van der Waals surface area contributed by atoms with Gasteiger partial charge in [0.1, 0.15) is 5.75 Å². The van der Waals surface area contributed by atoms with Crippen LogP contribution in [0.4, 0.5) is 13.2 Å². The summed E-state index contributed by atoms with van der Waals surface area (Å²) >= 11 is 3.12. The van der Waals surface area contributed by atoms with Gasteiger partial charge in [0.15, 0.2) is 0 Å². The van der Waals surface area contributed by atoms with Gasteiger partial charge in [-0.05, 0) is 35.9 Å². The maximum atomic E-state index is 12.3. The molecule has 0 aliphatic carbocycles. The van der Waals surface area contributed by atoms with Crippen molar-refractivity contribution in [3.63, 3.8) is 0 Å². The van der Waals surface area contributed by atoms with Crippen molar-refractivity contribution in [2.45, 2.75) is 6.36 Å². The topological polar surface area (TPSA) is 22.1 Å². The third-order valence-electron chi connectivity index (χ3n) is 2.16. The first kappa shape index (κ1) is 12.9. The summed E-state index contributed by atoms with van der Waals surface area (Å²) in [5.74, 6) is -0.247. The van der Waals surface area contributed by atoms with Crippen LogP contribution in [0.3, 0.4) is 0 Å². The Balaban J connectivity index is 2.47. The van der Waals surface area contributed by atoms with Gasteiger partial charge in [0, 0.05) is 22.4 Å². The second kappa shape index (κ2) is 4.97. The fourth-order valence-electron chi connectivity index (χ4n) is 1.48. The minimum absolute atomic E-state index is 0.247. The molecule has 1 aromatic carbocycles. The number of rotatable bonds is 2. The van der Waals surface area contributed by atoms with Gasteiger partial charge in [0.25, 0.3) is 0 Å². The van der Waals surface area contributed by atoms with E-state index in [0.29, 0.717) is 15.6 Å². The van der Waals surface area contributed by atoms with Crippen LogP contribution in [-0.4, -0.2) is 11.3 Å². The number of aromatic nitrogens is 1. The van der Waals surface area contributed by atoms with Crippen LogP contribution in [0.1, 0.15) is 0 Å². The van der Waals surface area contributed by atoms with Crippen LogP contribution in [0.5, 0.6) is 5.75 Å². The Labute approximate surface area is 110 Å². The first-order chi connectivity index (χ1) is 8.46. The Morgan fingerprint density at radius 3 is 2.33 bits per heavy atom. The van der Waals surface area contributed by atoms with Gasteiger partial charge in [-0.15, -0.1) is 13.2 Å². The van der Waals surface area contributed by atoms with Crippen LogP contribution in [0.2, 0.25) is 0 Å². The predicted octanol–water partition coefficient (Wildman–Crippen LogP) is 4.41. The quantitative estimate of drug-likeness (QED) is 0.818. The van der Waals surface area contributed by atoms with Crippen LogP contribution < -0.4 is 4.74 Å². The molecule has 0 saturated heterocycles. The Hall–Kier alpha value is -1.56. The molecule has 2 rings (SSSR count). The fourth-order valence-corrected chi connectivity index (χ4v) is 1.82. The van der Waals surface area contributed by atoms with E-state index in [2.05, 4.69) is 25.7 Å². The highest BCUT2D eigenvalue weighted by Gasteiger charge is 2.32. The Kier molecular flexibility index (Phi) is 3.56. The van der Waals surface area contributed by atoms with Crippen LogP contribution in [0.15, 0.2) is 47.2 Å². The number of pyridine rings is 1. The van der Waals surface area contributed by atoms with Gasteiger partial charge in [-0.1, -0.05) is 15.9 Å². The van der Waals surface area contributed by atoms with E-state index in [-0.39, 0.29) is 5.75 Å². The molecule has 0 unspecified atom stereocenters. The molecule has 1 heterocycles. The Morgan fingerprint density at radius 2 is 1.72 bits per heavy atom. The monoisotopic (exact) mass is 317 g/mol. The van der Waals surface area contributed by atoms with Crippen LogP contribution in [0, 0.1) is 0 Å². The molecule has 0 aliphatic heterocycles. The van der Waals surface area contributed by atoms with Crippen LogP contribution in [-0.2, 0) is 0 Å². The molecular formula is C12H7BrF3NO. The van der Waals surface area contributed by atoms with E-state index in [1.54, 1.807) is 24.3 Å². The first-order valence-corrected chi connectivity index (χ1v) is 5.71. The summed E-state index contributed by atoms with van der Waals surface area (Å²) in [4.78, 5) is 3.82. The minimum Gasteiger partial charge on any atom is -0.405 e. The highest BCUT2D eigenvalue weighted by atomic mass is 79.9. The number of hydrogen-bond acceptors (Lipinski definition) is 2. The average Bonchev–Trinajstić information content (AvgIpc) is 2.28. The molecule has 2 nitrogen and oxygen atoms in total.